The van der Waals surface area contributed by atoms with E-state index in [1.807, 2.05) is 24.3 Å². The van der Waals surface area contributed by atoms with Crippen LogP contribution in [0.4, 0.5) is 0 Å². The highest BCUT2D eigenvalue weighted by atomic mass is 35.5. The van der Waals surface area contributed by atoms with Crippen molar-refractivity contribution in [3.8, 4) is 5.75 Å². The van der Waals surface area contributed by atoms with E-state index in [4.69, 9.17) is 16.3 Å². The van der Waals surface area contributed by atoms with Crippen molar-refractivity contribution >= 4 is 11.6 Å². The van der Waals surface area contributed by atoms with Gasteiger partial charge in [0.15, 0.2) is 0 Å². The molecule has 1 aromatic carbocycles. The van der Waals surface area contributed by atoms with Crippen molar-refractivity contribution in [2.75, 3.05) is 13.2 Å². The van der Waals surface area contributed by atoms with Crippen LogP contribution in [0.1, 0.15) is 25.3 Å². The van der Waals surface area contributed by atoms with Gasteiger partial charge in [0, 0.05) is 17.1 Å². The minimum absolute atomic E-state index is 0.700. The maximum atomic E-state index is 6.17. The van der Waals surface area contributed by atoms with Crippen LogP contribution in [0, 0.1) is 0 Å². The Balaban J connectivity index is 2.62. The van der Waals surface area contributed by atoms with Gasteiger partial charge in [-0.3, -0.25) is 0 Å². The molecule has 0 saturated carbocycles. The van der Waals surface area contributed by atoms with Gasteiger partial charge in [0.25, 0.3) is 0 Å². The molecule has 0 heterocycles. The highest BCUT2D eigenvalue weighted by molar-refractivity contribution is 6.31. The third-order valence-electron chi connectivity index (χ3n) is 2.44. The van der Waals surface area contributed by atoms with E-state index < -0.39 is 0 Å². The Morgan fingerprint density at radius 1 is 1.47 bits per heavy atom. The van der Waals surface area contributed by atoms with E-state index in [1.165, 1.54) is 0 Å². The van der Waals surface area contributed by atoms with Gasteiger partial charge >= 0.3 is 0 Å². The van der Waals surface area contributed by atoms with Gasteiger partial charge in [-0.25, -0.2) is 0 Å². The molecule has 17 heavy (non-hydrogen) atoms. The number of halogens is 1. The van der Waals surface area contributed by atoms with Gasteiger partial charge in [-0.2, -0.15) is 0 Å². The van der Waals surface area contributed by atoms with Crippen molar-refractivity contribution < 1.29 is 4.74 Å². The average Bonchev–Trinajstić information content (AvgIpc) is 2.34. The molecule has 0 radical (unpaired) electrons. The Kier molecular flexibility index (Phi) is 6.75. The maximum Gasteiger partial charge on any atom is 0.125 e. The standard InChI is InChI=1S/C14H20ClNO/c1-3-5-6-10-17-14-9-7-8-13(15)12(14)11-16-4-2/h3,7-9,16H,1,4-6,10-11H2,2H3. The second-order valence-electron chi connectivity index (χ2n) is 3.78. The monoisotopic (exact) mass is 253 g/mol. The highest BCUT2D eigenvalue weighted by Gasteiger charge is 2.07. The third-order valence-corrected chi connectivity index (χ3v) is 2.79. The number of allylic oxidation sites excluding steroid dienone is 1. The lowest BCUT2D eigenvalue weighted by Gasteiger charge is -2.13. The summed E-state index contributed by atoms with van der Waals surface area (Å²) in [5, 5.41) is 4.02. The van der Waals surface area contributed by atoms with E-state index >= 15 is 0 Å². The zero-order valence-electron chi connectivity index (χ0n) is 10.3. The summed E-state index contributed by atoms with van der Waals surface area (Å²) in [6.07, 6.45) is 3.86. The second-order valence-corrected chi connectivity index (χ2v) is 4.18. The zero-order chi connectivity index (χ0) is 12.5. The summed E-state index contributed by atoms with van der Waals surface area (Å²) in [7, 11) is 0. The first-order valence-corrected chi connectivity index (χ1v) is 6.39. The SMILES string of the molecule is C=CCCCOc1cccc(Cl)c1CNCC. The second kappa shape index (κ2) is 8.15. The number of nitrogens with one attached hydrogen (secondary N) is 1. The Hall–Kier alpha value is -0.990. The molecule has 0 aliphatic heterocycles. The average molecular weight is 254 g/mol. The minimum Gasteiger partial charge on any atom is -0.493 e. The number of ether oxygens (including phenoxy) is 1. The predicted octanol–water partition coefficient (Wildman–Crippen LogP) is 3.79. The fourth-order valence-electron chi connectivity index (χ4n) is 1.51. The Bertz CT molecular complexity index is 352. The summed E-state index contributed by atoms with van der Waals surface area (Å²) in [6, 6.07) is 5.78. The van der Waals surface area contributed by atoms with Crippen LogP contribution < -0.4 is 10.1 Å². The molecule has 1 aromatic rings. The number of benzene rings is 1. The molecular weight excluding hydrogens is 234 g/mol. The quantitative estimate of drug-likeness (QED) is 0.562. The van der Waals surface area contributed by atoms with Gasteiger partial charge in [-0.05, 0) is 31.5 Å². The third kappa shape index (κ3) is 4.80. The van der Waals surface area contributed by atoms with Crippen LogP contribution in [-0.2, 0) is 6.54 Å². The lowest BCUT2D eigenvalue weighted by atomic mass is 10.2. The van der Waals surface area contributed by atoms with Gasteiger partial charge in [0.1, 0.15) is 5.75 Å². The van der Waals surface area contributed by atoms with E-state index in [1.54, 1.807) is 0 Å². The number of unbranched alkanes of at least 4 members (excludes halogenated alkanes) is 1. The van der Waals surface area contributed by atoms with Crippen LogP contribution in [0.3, 0.4) is 0 Å². The molecule has 0 amide bonds. The van der Waals surface area contributed by atoms with Crippen LogP contribution >= 0.6 is 11.6 Å². The molecule has 0 fully saturated rings. The topological polar surface area (TPSA) is 21.3 Å². The highest BCUT2D eigenvalue weighted by Crippen LogP contribution is 2.26. The van der Waals surface area contributed by atoms with Crippen LogP contribution in [-0.4, -0.2) is 13.2 Å². The Morgan fingerprint density at radius 3 is 3.00 bits per heavy atom. The largest absolute Gasteiger partial charge is 0.493 e. The first-order chi connectivity index (χ1) is 8.29. The lowest BCUT2D eigenvalue weighted by Crippen LogP contribution is -2.13. The van der Waals surface area contributed by atoms with Crippen molar-refractivity contribution in [3.05, 3.63) is 41.4 Å². The number of hydrogen-bond acceptors (Lipinski definition) is 2. The van der Waals surface area contributed by atoms with Crippen molar-refractivity contribution in [2.24, 2.45) is 0 Å². The summed E-state index contributed by atoms with van der Waals surface area (Å²) in [5.41, 5.74) is 1.04. The molecule has 0 aromatic heterocycles. The van der Waals surface area contributed by atoms with Gasteiger partial charge in [-0.15, -0.1) is 6.58 Å². The number of hydrogen-bond donors (Lipinski definition) is 1. The van der Waals surface area contributed by atoms with Gasteiger partial charge in [0.2, 0.25) is 0 Å². The van der Waals surface area contributed by atoms with Crippen molar-refractivity contribution in [1.82, 2.24) is 5.32 Å². The molecule has 0 atom stereocenters. The first-order valence-electron chi connectivity index (χ1n) is 6.01. The summed E-state index contributed by atoms with van der Waals surface area (Å²) in [5.74, 6) is 0.877. The molecule has 0 bridgehead atoms. The summed E-state index contributed by atoms with van der Waals surface area (Å²) >= 11 is 6.17. The molecule has 0 aliphatic rings. The maximum absolute atomic E-state index is 6.17. The summed E-state index contributed by atoms with van der Waals surface area (Å²) < 4.78 is 5.74. The number of rotatable bonds is 8. The fourth-order valence-corrected chi connectivity index (χ4v) is 1.74. The minimum atomic E-state index is 0.700. The van der Waals surface area contributed by atoms with Crippen molar-refractivity contribution in [1.29, 1.82) is 0 Å². The molecular formula is C14H20ClNO. The van der Waals surface area contributed by atoms with Gasteiger partial charge in [-0.1, -0.05) is 30.7 Å². The fraction of sp³-hybridized carbons (Fsp3) is 0.429. The Labute approximate surface area is 109 Å². The van der Waals surface area contributed by atoms with E-state index in [0.717, 1.165) is 42.3 Å². The first kappa shape index (κ1) is 14.1. The molecule has 0 aliphatic carbocycles. The normalized spacial score (nSPS) is 10.2. The summed E-state index contributed by atoms with van der Waals surface area (Å²) in [6.45, 7) is 8.12. The van der Waals surface area contributed by atoms with Crippen LogP contribution in [0.25, 0.3) is 0 Å². The van der Waals surface area contributed by atoms with Crippen LogP contribution in [0.5, 0.6) is 5.75 Å². The molecule has 0 unspecified atom stereocenters. The van der Waals surface area contributed by atoms with Crippen LogP contribution in [0.2, 0.25) is 5.02 Å². The molecule has 1 N–H and O–H groups in total. The molecule has 2 nitrogen and oxygen atoms in total. The van der Waals surface area contributed by atoms with Crippen LogP contribution in [0.15, 0.2) is 30.9 Å². The van der Waals surface area contributed by atoms with E-state index in [2.05, 4.69) is 18.8 Å². The molecule has 0 spiro atoms. The van der Waals surface area contributed by atoms with Crippen molar-refractivity contribution in [2.45, 2.75) is 26.3 Å². The van der Waals surface area contributed by atoms with E-state index in [9.17, 15) is 0 Å². The molecule has 94 valence electrons. The molecule has 3 heteroatoms. The predicted molar refractivity (Wildman–Crippen MR) is 73.8 cm³/mol. The van der Waals surface area contributed by atoms with E-state index in [-0.39, 0.29) is 0 Å². The lowest BCUT2D eigenvalue weighted by molar-refractivity contribution is 0.308. The molecule has 0 saturated heterocycles. The van der Waals surface area contributed by atoms with Crippen molar-refractivity contribution in [3.63, 3.8) is 0 Å². The molecule has 1 rings (SSSR count). The van der Waals surface area contributed by atoms with Gasteiger partial charge < -0.3 is 10.1 Å². The van der Waals surface area contributed by atoms with E-state index in [0.29, 0.717) is 6.61 Å². The summed E-state index contributed by atoms with van der Waals surface area (Å²) in [4.78, 5) is 0. The zero-order valence-corrected chi connectivity index (χ0v) is 11.1. The van der Waals surface area contributed by atoms with Gasteiger partial charge in [0.05, 0.1) is 6.61 Å². The Morgan fingerprint density at radius 2 is 2.29 bits per heavy atom. The smallest absolute Gasteiger partial charge is 0.125 e.